The van der Waals surface area contributed by atoms with E-state index in [1.807, 2.05) is 0 Å². The molecule has 1 aliphatic carbocycles. The molecule has 1 aliphatic heterocycles. The summed E-state index contributed by atoms with van der Waals surface area (Å²) in [6.07, 6.45) is 4.82. The lowest BCUT2D eigenvalue weighted by molar-refractivity contribution is 0.418. The molecule has 98 valence electrons. The van der Waals surface area contributed by atoms with Gasteiger partial charge in [0, 0.05) is 30.9 Å². The Balaban J connectivity index is 1.96. The van der Waals surface area contributed by atoms with Crippen molar-refractivity contribution in [2.75, 3.05) is 18.0 Å². The van der Waals surface area contributed by atoms with E-state index < -0.39 is 0 Å². The third kappa shape index (κ3) is 2.01. The van der Waals surface area contributed by atoms with Crippen LogP contribution in [0.5, 0.6) is 0 Å². The Labute approximate surface area is 109 Å². The minimum absolute atomic E-state index is 0.409. The molecule has 2 aliphatic rings. The zero-order valence-electron chi connectivity index (χ0n) is 11.5. The van der Waals surface area contributed by atoms with Crippen LogP contribution in [-0.4, -0.2) is 18.1 Å². The van der Waals surface area contributed by atoms with Gasteiger partial charge >= 0.3 is 0 Å². The van der Waals surface area contributed by atoms with Gasteiger partial charge in [-0.05, 0) is 42.7 Å². The molecule has 3 nitrogen and oxygen atoms in total. The second-order valence-electron chi connectivity index (χ2n) is 6.47. The SMILES string of the molecule is CC1(C)CCN(c2nc3c(cc2CN)CCC3)C1. The number of nitrogens with zero attached hydrogens (tertiary/aromatic N) is 2. The van der Waals surface area contributed by atoms with Crippen LogP contribution < -0.4 is 10.6 Å². The van der Waals surface area contributed by atoms with Crippen LogP contribution in [0.25, 0.3) is 0 Å². The molecule has 0 atom stereocenters. The van der Waals surface area contributed by atoms with Gasteiger partial charge in [-0.2, -0.15) is 0 Å². The summed E-state index contributed by atoms with van der Waals surface area (Å²) in [4.78, 5) is 7.35. The van der Waals surface area contributed by atoms with Crippen molar-refractivity contribution in [3.8, 4) is 0 Å². The summed E-state index contributed by atoms with van der Waals surface area (Å²) < 4.78 is 0. The predicted octanol–water partition coefficient (Wildman–Crippen LogP) is 2.27. The fourth-order valence-corrected chi connectivity index (χ4v) is 3.23. The minimum atomic E-state index is 0.409. The maximum atomic E-state index is 5.91. The monoisotopic (exact) mass is 245 g/mol. The highest BCUT2D eigenvalue weighted by molar-refractivity contribution is 5.52. The molecule has 18 heavy (non-hydrogen) atoms. The third-order valence-electron chi connectivity index (χ3n) is 4.30. The summed E-state index contributed by atoms with van der Waals surface area (Å²) >= 11 is 0. The van der Waals surface area contributed by atoms with E-state index in [0.717, 1.165) is 25.3 Å². The van der Waals surface area contributed by atoms with Crippen molar-refractivity contribution in [2.24, 2.45) is 11.1 Å². The minimum Gasteiger partial charge on any atom is -0.356 e. The Morgan fingerprint density at radius 1 is 1.39 bits per heavy atom. The first-order valence-corrected chi connectivity index (χ1v) is 7.06. The van der Waals surface area contributed by atoms with Gasteiger partial charge in [0.2, 0.25) is 0 Å². The van der Waals surface area contributed by atoms with Gasteiger partial charge in [-0.25, -0.2) is 4.98 Å². The van der Waals surface area contributed by atoms with E-state index in [0.29, 0.717) is 12.0 Å². The number of fused-ring (bicyclic) bond motifs is 1. The number of aromatic nitrogens is 1. The van der Waals surface area contributed by atoms with Gasteiger partial charge in [-0.1, -0.05) is 13.8 Å². The molecule has 0 spiro atoms. The molecule has 1 saturated heterocycles. The second-order valence-corrected chi connectivity index (χ2v) is 6.47. The Bertz CT molecular complexity index is 465. The molecule has 3 rings (SSSR count). The lowest BCUT2D eigenvalue weighted by Crippen LogP contribution is -2.25. The largest absolute Gasteiger partial charge is 0.356 e. The molecule has 1 fully saturated rings. The topological polar surface area (TPSA) is 42.2 Å². The van der Waals surface area contributed by atoms with Crippen molar-refractivity contribution in [3.05, 3.63) is 22.9 Å². The van der Waals surface area contributed by atoms with Crippen LogP contribution in [0.4, 0.5) is 5.82 Å². The number of aryl methyl sites for hydroxylation is 2. The standard InChI is InChI=1S/C15H23N3/c1-15(2)6-7-18(10-15)14-12(9-16)8-11-4-3-5-13(11)17-14/h8H,3-7,9-10,16H2,1-2H3. The number of anilines is 1. The molecule has 1 aromatic rings. The van der Waals surface area contributed by atoms with E-state index in [1.54, 1.807) is 0 Å². The third-order valence-corrected chi connectivity index (χ3v) is 4.30. The fourth-order valence-electron chi connectivity index (χ4n) is 3.23. The first-order valence-electron chi connectivity index (χ1n) is 7.06. The van der Waals surface area contributed by atoms with E-state index in [9.17, 15) is 0 Å². The summed E-state index contributed by atoms with van der Waals surface area (Å²) in [5.41, 5.74) is 10.3. The average Bonchev–Trinajstić information content (AvgIpc) is 2.92. The molecule has 0 bridgehead atoms. The molecule has 2 N–H and O–H groups in total. The maximum absolute atomic E-state index is 5.91. The van der Waals surface area contributed by atoms with E-state index in [-0.39, 0.29) is 0 Å². The Hall–Kier alpha value is -1.09. The molecule has 0 unspecified atom stereocenters. The summed E-state index contributed by atoms with van der Waals surface area (Å²) in [5.74, 6) is 1.16. The molecule has 3 heteroatoms. The van der Waals surface area contributed by atoms with Crippen LogP contribution in [0.2, 0.25) is 0 Å². The molecular weight excluding hydrogens is 222 g/mol. The highest BCUT2D eigenvalue weighted by Gasteiger charge is 2.31. The lowest BCUT2D eigenvalue weighted by Gasteiger charge is -2.23. The number of hydrogen-bond acceptors (Lipinski definition) is 3. The molecule has 0 radical (unpaired) electrons. The van der Waals surface area contributed by atoms with E-state index >= 15 is 0 Å². The fraction of sp³-hybridized carbons (Fsp3) is 0.667. The molecule has 0 amide bonds. The number of hydrogen-bond donors (Lipinski definition) is 1. The van der Waals surface area contributed by atoms with Gasteiger partial charge in [0.05, 0.1) is 0 Å². The van der Waals surface area contributed by atoms with Crippen molar-refractivity contribution >= 4 is 5.82 Å². The molecular formula is C15H23N3. The van der Waals surface area contributed by atoms with E-state index in [2.05, 4.69) is 24.8 Å². The van der Waals surface area contributed by atoms with Crippen LogP contribution in [0.1, 0.15) is 43.5 Å². The van der Waals surface area contributed by atoms with Gasteiger partial charge in [0.1, 0.15) is 5.82 Å². The smallest absolute Gasteiger partial charge is 0.133 e. The Morgan fingerprint density at radius 3 is 2.89 bits per heavy atom. The van der Waals surface area contributed by atoms with Gasteiger partial charge in [0.15, 0.2) is 0 Å². The Kier molecular flexibility index (Phi) is 2.81. The van der Waals surface area contributed by atoms with Crippen LogP contribution in [-0.2, 0) is 19.4 Å². The van der Waals surface area contributed by atoms with Gasteiger partial charge in [-0.3, -0.25) is 0 Å². The van der Waals surface area contributed by atoms with Crippen LogP contribution in [0.15, 0.2) is 6.07 Å². The second kappa shape index (κ2) is 4.23. The molecule has 0 saturated carbocycles. The van der Waals surface area contributed by atoms with Crippen LogP contribution in [0, 0.1) is 5.41 Å². The van der Waals surface area contributed by atoms with E-state index in [1.165, 1.54) is 36.1 Å². The zero-order chi connectivity index (χ0) is 12.8. The maximum Gasteiger partial charge on any atom is 0.133 e. The zero-order valence-corrected chi connectivity index (χ0v) is 11.5. The first-order chi connectivity index (χ1) is 8.59. The van der Waals surface area contributed by atoms with Gasteiger partial charge in [0.25, 0.3) is 0 Å². The van der Waals surface area contributed by atoms with Gasteiger partial charge in [-0.15, -0.1) is 0 Å². The Morgan fingerprint density at radius 2 is 2.22 bits per heavy atom. The predicted molar refractivity (Wildman–Crippen MR) is 74.8 cm³/mol. The summed E-state index contributed by atoms with van der Waals surface area (Å²) in [6.45, 7) is 7.50. The quantitative estimate of drug-likeness (QED) is 0.869. The highest BCUT2D eigenvalue weighted by Crippen LogP contribution is 2.34. The normalized spacial score (nSPS) is 21.4. The van der Waals surface area contributed by atoms with Crippen molar-refractivity contribution < 1.29 is 0 Å². The number of rotatable bonds is 2. The summed E-state index contributed by atoms with van der Waals surface area (Å²) in [5, 5.41) is 0. The van der Waals surface area contributed by atoms with Crippen LogP contribution >= 0.6 is 0 Å². The first kappa shape index (κ1) is 12.0. The lowest BCUT2D eigenvalue weighted by atomic mass is 9.93. The highest BCUT2D eigenvalue weighted by atomic mass is 15.2. The van der Waals surface area contributed by atoms with E-state index in [4.69, 9.17) is 10.7 Å². The van der Waals surface area contributed by atoms with Crippen molar-refractivity contribution in [1.82, 2.24) is 4.98 Å². The van der Waals surface area contributed by atoms with Crippen molar-refractivity contribution in [2.45, 2.75) is 46.1 Å². The molecule has 0 aromatic carbocycles. The number of nitrogens with two attached hydrogens (primary N) is 1. The van der Waals surface area contributed by atoms with Gasteiger partial charge < -0.3 is 10.6 Å². The summed E-state index contributed by atoms with van der Waals surface area (Å²) in [6, 6.07) is 2.30. The van der Waals surface area contributed by atoms with Crippen molar-refractivity contribution in [1.29, 1.82) is 0 Å². The molecule has 2 heterocycles. The molecule has 1 aromatic heterocycles. The number of pyridine rings is 1. The summed E-state index contributed by atoms with van der Waals surface area (Å²) in [7, 11) is 0. The average molecular weight is 245 g/mol. The van der Waals surface area contributed by atoms with Crippen LogP contribution in [0.3, 0.4) is 0 Å². The van der Waals surface area contributed by atoms with Crippen molar-refractivity contribution in [3.63, 3.8) is 0 Å².